The number of rotatable bonds is 5. The van der Waals surface area contributed by atoms with Crippen molar-refractivity contribution in [1.82, 2.24) is 15.2 Å². The van der Waals surface area contributed by atoms with Crippen molar-refractivity contribution in [2.75, 3.05) is 37.6 Å². The molecule has 3 N–H and O–H groups in total. The molecule has 154 valence electrons. The van der Waals surface area contributed by atoms with Crippen LogP contribution in [0.25, 0.3) is 0 Å². The van der Waals surface area contributed by atoms with Gasteiger partial charge in [0.25, 0.3) is 0 Å². The average Bonchev–Trinajstić information content (AvgIpc) is 3.05. The second kappa shape index (κ2) is 8.80. The summed E-state index contributed by atoms with van der Waals surface area (Å²) in [5.41, 5.74) is 6.92. The van der Waals surface area contributed by atoms with Crippen molar-refractivity contribution < 1.29 is 4.79 Å². The minimum atomic E-state index is -0.186. The highest BCUT2D eigenvalue weighted by Crippen LogP contribution is 2.29. The van der Waals surface area contributed by atoms with Gasteiger partial charge < -0.3 is 20.9 Å². The van der Waals surface area contributed by atoms with Crippen LogP contribution in [0, 0.1) is 11.3 Å². The predicted octanol–water partition coefficient (Wildman–Crippen LogP) is 1.98. The van der Waals surface area contributed by atoms with Crippen LogP contribution in [-0.2, 0) is 11.3 Å². The molecule has 0 radical (unpaired) electrons. The van der Waals surface area contributed by atoms with Gasteiger partial charge in [-0.25, -0.2) is 9.98 Å². The first-order valence-corrected chi connectivity index (χ1v) is 10.4. The molecule has 2 saturated heterocycles. The second-order valence-electron chi connectivity index (χ2n) is 8.66. The lowest BCUT2D eigenvalue weighted by Gasteiger charge is -2.32. The van der Waals surface area contributed by atoms with Crippen LogP contribution in [0.5, 0.6) is 0 Å². The molecule has 7 heteroatoms. The Hall–Kier alpha value is -2.31. The van der Waals surface area contributed by atoms with E-state index in [9.17, 15) is 4.79 Å². The van der Waals surface area contributed by atoms with E-state index in [2.05, 4.69) is 46.9 Å². The fourth-order valence-electron chi connectivity index (χ4n) is 4.09. The molecule has 1 aromatic heterocycles. The molecule has 3 rings (SSSR count). The molecule has 2 fully saturated rings. The van der Waals surface area contributed by atoms with Crippen LogP contribution >= 0.6 is 0 Å². The standard InChI is InChI=1S/C21H34N6O/c1-4-23-20(27-13-9-21(2,3)15-27)25-14-17-6-5-10-24-19(17)26-11-7-16(8-12-26)18(22)28/h5-6,10,16H,4,7-9,11-15H2,1-3H3,(H2,22,28)(H,23,25). The summed E-state index contributed by atoms with van der Waals surface area (Å²) in [6.07, 6.45) is 4.60. The van der Waals surface area contributed by atoms with Gasteiger partial charge in [-0.2, -0.15) is 0 Å². The predicted molar refractivity (Wildman–Crippen MR) is 113 cm³/mol. The van der Waals surface area contributed by atoms with E-state index in [4.69, 9.17) is 10.7 Å². The number of aromatic nitrogens is 1. The zero-order valence-corrected chi connectivity index (χ0v) is 17.4. The number of anilines is 1. The molecular formula is C21H34N6O. The van der Waals surface area contributed by atoms with Crippen molar-refractivity contribution >= 4 is 17.7 Å². The molecule has 0 saturated carbocycles. The molecule has 2 aliphatic rings. The van der Waals surface area contributed by atoms with Crippen molar-refractivity contribution in [1.29, 1.82) is 0 Å². The van der Waals surface area contributed by atoms with Gasteiger partial charge in [-0.3, -0.25) is 4.79 Å². The summed E-state index contributed by atoms with van der Waals surface area (Å²) in [5, 5.41) is 3.44. The number of nitrogens with zero attached hydrogens (tertiary/aromatic N) is 4. The molecule has 0 atom stereocenters. The van der Waals surface area contributed by atoms with E-state index in [1.165, 1.54) is 6.42 Å². The Balaban J connectivity index is 1.72. The van der Waals surface area contributed by atoms with Crippen molar-refractivity contribution in [3.05, 3.63) is 23.9 Å². The Labute approximate surface area is 168 Å². The molecule has 0 aliphatic carbocycles. The van der Waals surface area contributed by atoms with Crippen LogP contribution in [0.15, 0.2) is 23.3 Å². The zero-order valence-electron chi connectivity index (χ0n) is 17.4. The molecule has 0 unspecified atom stereocenters. The highest BCUT2D eigenvalue weighted by Gasteiger charge is 2.31. The van der Waals surface area contributed by atoms with Gasteiger partial charge in [0.2, 0.25) is 5.91 Å². The number of nitrogens with two attached hydrogens (primary N) is 1. The van der Waals surface area contributed by atoms with E-state index in [1.807, 2.05) is 12.3 Å². The van der Waals surface area contributed by atoms with Crippen molar-refractivity contribution in [3.8, 4) is 0 Å². The van der Waals surface area contributed by atoms with Crippen molar-refractivity contribution in [2.24, 2.45) is 22.1 Å². The van der Waals surface area contributed by atoms with Gasteiger partial charge in [-0.05, 0) is 37.7 Å². The summed E-state index contributed by atoms with van der Waals surface area (Å²) >= 11 is 0. The number of pyridine rings is 1. The lowest BCUT2D eigenvalue weighted by atomic mass is 9.93. The van der Waals surface area contributed by atoms with Crippen LogP contribution in [0.1, 0.15) is 45.6 Å². The first kappa shape index (κ1) is 20.4. The van der Waals surface area contributed by atoms with Crippen LogP contribution in [0.4, 0.5) is 5.82 Å². The van der Waals surface area contributed by atoms with Gasteiger partial charge in [0.15, 0.2) is 5.96 Å². The number of carbonyl (C=O) groups is 1. The minimum absolute atomic E-state index is 0.0136. The third-order valence-corrected chi connectivity index (χ3v) is 5.78. The van der Waals surface area contributed by atoms with Gasteiger partial charge >= 0.3 is 0 Å². The molecule has 28 heavy (non-hydrogen) atoms. The Bertz CT molecular complexity index is 709. The Morgan fingerprint density at radius 3 is 2.71 bits per heavy atom. The van der Waals surface area contributed by atoms with Crippen molar-refractivity contribution in [2.45, 2.75) is 46.6 Å². The third kappa shape index (κ3) is 4.94. The topological polar surface area (TPSA) is 86.9 Å². The summed E-state index contributed by atoms with van der Waals surface area (Å²) in [7, 11) is 0. The van der Waals surface area contributed by atoms with Gasteiger partial charge in [0.05, 0.1) is 6.54 Å². The molecule has 0 spiro atoms. The fraction of sp³-hybridized carbons (Fsp3) is 0.667. The Morgan fingerprint density at radius 1 is 1.36 bits per heavy atom. The number of piperidine rings is 1. The van der Waals surface area contributed by atoms with Gasteiger partial charge in [0, 0.05) is 50.4 Å². The van der Waals surface area contributed by atoms with Gasteiger partial charge in [-0.15, -0.1) is 0 Å². The van der Waals surface area contributed by atoms with E-state index in [0.29, 0.717) is 12.0 Å². The number of nitrogens with one attached hydrogen (secondary N) is 1. The molecule has 2 aliphatic heterocycles. The highest BCUT2D eigenvalue weighted by molar-refractivity contribution is 5.80. The summed E-state index contributed by atoms with van der Waals surface area (Å²) in [5.74, 6) is 1.76. The number of amides is 1. The lowest BCUT2D eigenvalue weighted by Crippen LogP contribution is -2.41. The maximum absolute atomic E-state index is 11.4. The summed E-state index contributed by atoms with van der Waals surface area (Å²) < 4.78 is 0. The average molecular weight is 387 g/mol. The number of guanidine groups is 1. The first-order valence-electron chi connectivity index (χ1n) is 10.4. The van der Waals surface area contributed by atoms with E-state index in [-0.39, 0.29) is 11.8 Å². The number of aliphatic imine (C=N–C) groups is 1. The number of primary amides is 1. The maximum atomic E-state index is 11.4. The van der Waals surface area contributed by atoms with Crippen LogP contribution in [0.2, 0.25) is 0 Å². The third-order valence-electron chi connectivity index (χ3n) is 5.78. The summed E-state index contributed by atoms with van der Waals surface area (Å²) in [4.78, 5) is 25.6. The largest absolute Gasteiger partial charge is 0.369 e. The quantitative estimate of drug-likeness (QED) is 0.597. The molecular weight excluding hydrogens is 352 g/mol. The van der Waals surface area contributed by atoms with Crippen LogP contribution in [0.3, 0.4) is 0 Å². The molecule has 0 aromatic carbocycles. The maximum Gasteiger partial charge on any atom is 0.220 e. The molecule has 1 amide bonds. The number of hydrogen-bond donors (Lipinski definition) is 2. The molecule has 7 nitrogen and oxygen atoms in total. The molecule has 3 heterocycles. The summed E-state index contributed by atoms with van der Waals surface area (Å²) in [6, 6.07) is 4.07. The Kier molecular flexibility index (Phi) is 6.42. The SMILES string of the molecule is CCNC(=NCc1cccnc1N1CCC(C(N)=O)CC1)N1CCC(C)(C)C1. The van der Waals surface area contributed by atoms with E-state index < -0.39 is 0 Å². The molecule has 0 bridgehead atoms. The van der Waals surface area contributed by atoms with Gasteiger partial charge in [0.1, 0.15) is 5.82 Å². The molecule has 1 aromatic rings. The van der Waals surface area contributed by atoms with E-state index in [0.717, 1.165) is 62.9 Å². The summed E-state index contributed by atoms with van der Waals surface area (Å²) in [6.45, 7) is 11.9. The number of likely N-dealkylation sites (tertiary alicyclic amines) is 1. The Morgan fingerprint density at radius 2 is 2.11 bits per heavy atom. The number of hydrogen-bond acceptors (Lipinski definition) is 4. The smallest absolute Gasteiger partial charge is 0.220 e. The highest BCUT2D eigenvalue weighted by atomic mass is 16.1. The van der Waals surface area contributed by atoms with Crippen LogP contribution < -0.4 is 16.0 Å². The monoisotopic (exact) mass is 386 g/mol. The van der Waals surface area contributed by atoms with Gasteiger partial charge in [-0.1, -0.05) is 19.9 Å². The van der Waals surface area contributed by atoms with Crippen molar-refractivity contribution in [3.63, 3.8) is 0 Å². The first-order chi connectivity index (χ1) is 13.4. The van der Waals surface area contributed by atoms with Crippen LogP contribution in [-0.4, -0.2) is 54.5 Å². The van der Waals surface area contributed by atoms with E-state index >= 15 is 0 Å². The fourth-order valence-corrected chi connectivity index (χ4v) is 4.09. The second-order valence-corrected chi connectivity index (χ2v) is 8.66. The lowest BCUT2D eigenvalue weighted by molar-refractivity contribution is -0.122. The normalized spacial score (nSPS) is 20.5. The number of carbonyl (C=O) groups excluding carboxylic acids is 1. The minimum Gasteiger partial charge on any atom is -0.369 e. The van der Waals surface area contributed by atoms with E-state index in [1.54, 1.807) is 0 Å². The zero-order chi connectivity index (χ0) is 20.1.